The van der Waals surface area contributed by atoms with Crippen LogP contribution in [0.4, 0.5) is 15.9 Å². The Morgan fingerprint density at radius 1 is 1.12 bits per heavy atom. The van der Waals surface area contributed by atoms with E-state index in [-0.39, 0.29) is 11.5 Å². The van der Waals surface area contributed by atoms with Gasteiger partial charge >= 0.3 is 0 Å². The van der Waals surface area contributed by atoms with Gasteiger partial charge in [0, 0.05) is 18.1 Å². The summed E-state index contributed by atoms with van der Waals surface area (Å²) in [6, 6.07) is 7.69. The number of nitrogens with one attached hydrogen (secondary N) is 1. The van der Waals surface area contributed by atoms with Crippen LogP contribution in [-0.2, 0) is 0 Å². The molecule has 0 aliphatic carbocycles. The van der Waals surface area contributed by atoms with E-state index < -0.39 is 0 Å². The van der Waals surface area contributed by atoms with Crippen LogP contribution in [0, 0.1) is 17.1 Å². The van der Waals surface area contributed by atoms with Gasteiger partial charge in [-0.25, -0.2) is 14.4 Å². The molecule has 1 heterocycles. The minimum atomic E-state index is -0.315. The predicted molar refractivity (Wildman–Crippen MR) is 56.4 cm³/mol. The van der Waals surface area contributed by atoms with Gasteiger partial charge in [-0.15, -0.1) is 0 Å². The molecule has 1 aromatic carbocycles. The Balaban J connectivity index is 2.27. The van der Waals surface area contributed by atoms with Crippen molar-refractivity contribution in [2.45, 2.75) is 0 Å². The smallest absolute Gasteiger partial charge is 0.183 e. The minimum Gasteiger partial charge on any atom is -0.338 e. The first-order chi connectivity index (χ1) is 7.79. The Morgan fingerprint density at radius 2 is 1.81 bits per heavy atom. The summed E-state index contributed by atoms with van der Waals surface area (Å²) >= 11 is 0. The lowest BCUT2D eigenvalue weighted by atomic mass is 10.3. The van der Waals surface area contributed by atoms with E-state index in [9.17, 15) is 4.39 Å². The Hall–Kier alpha value is -2.48. The van der Waals surface area contributed by atoms with Gasteiger partial charge in [0.05, 0.1) is 0 Å². The molecule has 0 aliphatic heterocycles. The fraction of sp³-hybridized carbons (Fsp3) is 0. The number of benzene rings is 1. The molecule has 4 nitrogen and oxygen atoms in total. The maximum absolute atomic E-state index is 12.7. The van der Waals surface area contributed by atoms with Crippen LogP contribution in [0.5, 0.6) is 0 Å². The quantitative estimate of drug-likeness (QED) is 0.832. The number of nitrogens with zero attached hydrogens (tertiary/aromatic N) is 3. The second kappa shape index (κ2) is 4.36. The molecule has 1 N–H and O–H groups in total. The monoisotopic (exact) mass is 214 g/mol. The lowest BCUT2D eigenvalue weighted by Crippen LogP contribution is -1.98. The van der Waals surface area contributed by atoms with E-state index in [0.717, 1.165) is 0 Å². The standard InChI is InChI=1S/C11H7FN4/c12-8-1-3-9(4-2-8)16-11-10(7-13)14-5-6-15-11/h1-6H,(H,15,16). The van der Waals surface area contributed by atoms with Gasteiger partial charge in [-0.05, 0) is 24.3 Å². The average Bonchev–Trinajstić information content (AvgIpc) is 2.33. The molecule has 0 bridgehead atoms. The topological polar surface area (TPSA) is 61.6 Å². The fourth-order valence-electron chi connectivity index (χ4n) is 1.18. The summed E-state index contributed by atoms with van der Waals surface area (Å²) in [4.78, 5) is 7.83. The van der Waals surface area contributed by atoms with Gasteiger partial charge in [-0.1, -0.05) is 0 Å². The Bertz CT molecular complexity index is 530. The van der Waals surface area contributed by atoms with Crippen LogP contribution in [0.25, 0.3) is 0 Å². The first-order valence-corrected chi connectivity index (χ1v) is 4.53. The fourth-order valence-corrected chi connectivity index (χ4v) is 1.18. The van der Waals surface area contributed by atoms with Crippen LogP contribution in [0.1, 0.15) is 5.69 Å². The summed E-state index contributed by atoms with van der Waals surface area (Å²) in [7, 11) is 0. The summed E-state index contributed by atoms with van der Waals surface area (Å²) < 4.78 is 12.7. The molecule has 0 saturated carbocycles. The minimum absolute atomic E-state index is 0.201. The number of aromatic nitrogens is 2. The zero-order chi connectivity index (χ0) is 11.4. The number of hydrogen-bond donors (Lipinski definition) is 1. The van der Waals surface area contributed by atoms with Crippen molar-refractivity contribution in [3.05, 3.63) is 48.2 Å². The normalized spacial score (nSPS) is 9.50. The summed E-state index contributed by atoms with van der Waals surface area (Å²) in [5, 5.41) is 11.7. The van der Waals surface area contributed by atoms with Crippen molar-refractivity contribution in [2.75, 3.05) is 5.32 Å². The first kappa shape index (κ1) is 10.1. The molecule has 0 amide bonds. The third-order valence-corrected chi connectivity index (χ3v) is 1.91. The number of nitriles is 1. The maximum atomic E-state index is 12.7. The van der Waals surface area contributed by atoms with Gasteiger partial charge in [0.1, 0.15) is 11.9 Å². The molecular formula is C11H7FN4. The SMILES string of the molecule is N#Cc1nccnc1Nc1ccc(F)cc1. The second-order valence-electron chi connectivity index (χ2n) is 3.00. The number of hydrogen-bond acceptors (Lipinski definition) is 4. The molecule has 16 heavy (non-hydrogen) atoms. The van der Waals surface area contributed by atoms with Crippen LogP contribution < -0.4 is 5.32 Å². The van der Waals surface area contributed by atoms with E-state index in [1.807, 2.05) is 6.07 Å². The summed E-state index contributed by atoms with van der Waals surface area (Å²) in [6.45, 7) is 0. The third-order valence-electron chi connectivity index (χ3n) is 1.91. The molecule has 0 aliphatic rings. The Morgan fingerprint density at radius 3 is 2.50 bits per heavy atom. The summed E-state index contributed by atoms with van der Waals surface area (Å²) in [5.41, 5.74) is 0.852. The van der Waals surface area contributed by atoms with Crippen LogP contribution in [-0.4, -0.2) is 9.97 Å². The van der Waals surface area contributed by atoms with Crippen molar-refractivity contribution in [1.29, 1.82) is 5.26 Å². The van der Waals surface area contributed by atoms with Crippen LogP contribution in [0.3, 0.4) is 0 Å². The highest BCUT2D eigenvalue weighted by Gasteiger charge is 2.03. The largest absolute Gasteiger partial charge is 0.338 e. The zero-order valence-electron chi connectivity index (χ0n) is 8.18. The van der Waals surface area contributed by atoms with Crippen LogP contribution >= 0.6 is 0 Å². The number of anilines is 2. The lowest BCUT2D eigenvalue weighted by Gasteiger charge is -2.05. The highest BCUT2D eigenvalue weighted by Crippen LogP contribution is 2.16. The number of rotatable bonds is 2. The highest BCUT2D eigenvalue weighted by atomic mass is 19.1. The van der Waals surface area contributed by atoms with Crippen LogP contribution in [0.15, 0.2) is 36.7 Å². The molecule has 0 unspecified atom stereocenters. The molecule has 5 heteroatoms. The number of halogens is 1. The van der Waals surface area contributed by atoms with Gasteiger partial charge in [-0.2, -0.15) is 5.26 Å². The molecule has 2 aromatic rings. The van der Waals surface area contributed by atoms with Gasteiger partial charge < -0.3 is 5.32 Å². The molecular weight excluding hydrogens is 207 g/mol. The van der Waals surface area contributed by atoms with Crippen LogP contribution in [0.2, 0.25) is 0 Å². The molecule has 0 atom stereocenters. The Labute approximate surface area is 91.4 Å². The molecule has 0 fully saturated rings. The zero-order valence-corrected chi connectivity index (χ0v) is 8.18. The third kappa shape index (κ3) is 2.12. The van der Waals surface area contributed by atoms with E-state index >= 15 is 0 Å². The van der Waals surface area contributed by atoms with Crippen molar-refractivity contribution in [3.63, 3.8) is 0 Å². The molecule has 78 valence electrons. The molecule has 2 rings (SSSR count). The van der Waals surface area contributed by atoms with Gasteiger partial charge in [-0.3, -0.25) is 0 Å². The highest BCUT2D eigenvalue weighted by molar-refractivity contribution is 5.60. The average molecular weight is 214 g/mol. The predicted octanol–water partition coefficient (Wildman–Crippen LogP) is 2.23. The van der Waals surface area contributed by atoms with Crippen molar-refractivity contribution in [3.8, 4) is 6.07 Å². The summed E-state index contributed by atoms with van der Waals surface area (Å²) in [5.74, 6) is 0.0433. The molecule has 0 saturated heterocycles. The van der Waals surface area contributed by atoms with Crippen molar-refractivity contribution in [1.82, 2.24) is 9.97 Å². The van der Waals surface area contributed by atoms with E-state index in [0.29, 0.717) is 11.5 Å². The van der Waals surface area contributed by atoms with Crippen molar-refractivity contribution >= 4 is 11.5 Å². The maximum Gasteiger partial charge on any atom is 0.183 e. The Kier molecular flexibility index (Phi) is 2.74. The van der Waals surface area contributed by atoms with E-state index in [2.05, 4.69) is 15.3 Å². The lowest BCUT2D eigenvalue weighted by molar-refractivity contribution is 0.628. The summed E-state index contributed by atoms with van der Waals surface area (Å²) in [6.07, 6.45) is 2.92. The van der Waals surface area contributed by atoms with Gasteiger partial charge in [0.2, 0.25) is 0 Å². The van der Waals surface area contributed by atoms with Gasteiger partial charge in [0.25, 0.3) is 0 Å². The van der Waals surface area contributed by atoms with E-state index in [1.54, 1.807) is 12.1 Å². The molecule has 0 radical (unpaired) electrons. The molecule has 1 aromatic heterocycles. The van der Waals surface area contributed by atoms with E-state index in [4.69, 9.17) is 5.26 Å². The molecule has 0 spiro atoms. The first-order valence-electron chi connectivity index (χ1n) is 4.53. The van der Waals surface area contributed by atoms with Crippen molar-refractivity contribution < 1.29 is 4.39 Å². The van der Waals surface area contributed by atoms with E-state index in [1.165, 1.54) is 24.5 Å². The second-order valence-corrected chi connectivity index (χ2v) is 3.00. The van der Waals surface area contributed by atoms with Crippen molar-refractivity contribution in [2.24, 2.45) is 0 Å². The van der Waals surface area contributed by atoms with Gasteiger partial charge in [0.15, 0.2) is 11.5 Å².